The molecule has 1 saturated carbocycles. The first-order valence-corrected chi connectivity index (χ1v) is 17.1. The van der Waals surface area contributed by atoms with E-state index in [1.54, 1.807) is 67.6 Å². The summed E-state index contributed by atoms with van der Waals surface area (Å²) in [5.41, 5.74) is 0.940. The zero-order valence-corrected chi connectivity index (χ0v) is 27.5. The third-order valence-corrected chi connectivity index (χ3v) is 10.2. The molecule has 1 aliphatic carbocycles. The predicted molar refractivity (Wildman–Crippen MR) is 173 cm³/mol. The summed E-state index contributed by atoms with van der Waals surface area (Å²) in [4.78, 5) is 29.0. The molecule has 1 unspecified atom stereocenters. The molecule has 1 aliphatic rings. The van der Waals surface area contributed by atoms with Crippen molar-refractivity contribution >= 4 is 55.1 Å². The summed E-state index contributed by atoms with van der Waals surface area (Å²) in [6.07, 6.45) is 5.04. The van der Waals surface area contributed by atoms with Crippen LogP contribution in [0.25, 0.3) is 0 Å². The Morgan fingerprint density at radius 2 is 1.65 bits per heavy atom. The molecule has 11 heteroatoms. The third-order valence-electron chi connectivity index (χ3n) is 7.53. The van der Waals surface area contributed by atoms with Crippen molar-refractivity contribution in [3.63, 3.8) is 0 Å². The summed E-state index contributed by atoms with van der Waals surface area (Å²) >= 11 is 9.81. The summed E-state index contributed by atoms with van der Waals surface area (Å²) in [5, 5.41) is 3.55. The Hall–Kier alpha value is -3.08. The number of carbonyl (C=O) groups is 2. The predicted octanol–water partition coefficient (Wildman–Crippen LogP) is 6.56. The number of nitrogens with one attached hydrogen (secondary N) is 1. The largest absolute Gasteiger partial charge is 0.494 e. The standard InChI is InChI=1S/C32H37BrClN3O5S/c1-3-42-28-17-15-27(16-18-28)37(43(40,41)29-19-13-25(33)14-20-29)22-31(38)36(21-24-9-7-8-12-30(24)34)23(2)32(39)35-26-10-5-4-6-11-26/h7-9,12-20,23,26H,3-6,10-11,21-22H2,1-2H3,(H,35,39). The number of hydrogen-bond acceptors (Lipinski definition) is 5. The number of halogens is 2. The fraction of sp³-hybridized carbons (Fsp3) is 0.375. The first-order chi connectivity index (χ1) is 20.6. The smallest absolute Gasteiger partial charge is 0.264 e. The Balaban J connectivity index is 1.68. The molecule has 0 aromatic heterocycles. The van der Waals surface area contributed by atoms with Gasteiger partial charge in [0.25, 0.3) is 10.0 Å². The van der Waals surface area contributed by atoms with Gasteiger partial charge in [-0.2, -0.15) is 0 Å². The lowest BCUT2D eigenvalue weighted by Gasteiger charge is -2.33. The summed E-state index contributed by atoms with van der Waals surface area (Å²) in [5.74, 6) is -0.247. The van der Waals surface area contributed by atoms with E-state index in [2.05, 4.69) is 21.2 Å². The Labute approximate surface area is 267 Å². The van der Waals surface area contributed by atoms with Gasteiger partial charge >= 0.3 is 0 Å². The number of hydrogen-bond donors (Lipinski definition) is 1. The zero-order valence-electron chi connectivity index (χ0n) is 24.3. The highest BCUT2D eigenvalue weighted by Gasteiger charge is 2.33. The lowest BCUT2D eigenvalue weighted by Crippen LogP contribution is -2.53. The molecule has 0 spiro atoms. The van der Waals surface area contributed by atoms with Gasteiger partial charge < -0.3 is 15.0 Å². The van der Waals surface area contributed by atoms with Crippen LogP contribution >= 0.6 is 27.5 Å². The van der Waals surface area contributed by atoms with Crippen molar-refractivity contribution in [3.05, 3.63) is 87.9 Å². The zero-order chi connectivity index (χ0) is 31.0. The molecular weight excluding hydrogens is 654 g/mol. The van der Waals surface area contributed by atoms with Gasteiger partial charge in [0.05, 0.1) is 17.2 Å². The number of ether oxygens (including phenoxy) is 1. The second kappa shape index (κ2) is 15.1. The average molecular weight is 691 g/mol. The van der Waals surface area contributed by atoms with E-state index < -0.39 is 28.5 Å². The van der Waals surface area contributed by atoms with Crippen LogP contribution in [0, 0.1) is 0 Å². The van der Waals surface area contributed by atoms with E-state index in [4.69, 9.17) is 16.3 Å². The van der Waals surface area contributed by atoms with E-state index in [0.29, 0.717) is 22.9 Å². The minimum atomic E-state index is -4.18. The van der Waals surface area contributed by atoms with E-state index in [-0.39, 0.29) is 29.1 Å². The molecule has 1 atom stereocenters. The molecule has 2 amide bonds. The molecule has 43 heavy (non-hydrogen) atoms. The first-order valence-electron chi connectivity index (χ1n) is 14.4. The van der Waals surface area contributed by atoms with E-state index in [1.165, 1.54) is 17.0 Å². The molecule has 3 aromatic rings. The quantitative estimate of drug-likeness (QED) is 0.232. The number of benzene rings is 3. The van der Waals surface area contributed by atoms with Gasteiger partial charge in [-0.1, -0.05) is 65.0 Å². The van der Waals surface area contributed by atoms with E-state index in [1.807, 2.05) is 6.92 Å². The molecule has 1 fully saturated rings. The van der Waals surface area contributed by atoms with Crippen LogP contribution in [0.2, 0.25) is 5.02 Å². The van der Waals surface area contributed by atoms with Gasteiger partial charge in [0.1, 0.15) is 18.3 Å². The van der Waals surface area contributed by atoms with Crippen LogP contribution in [0.5, 0.6) is 5.75 Å². The lowest BCUT2D eigenvalue weighted by molar-refractivity contribution is -0.139. The Morgan fingerprint density at radius 3 is 2.28 bits per heavy atom. The molecule has 0 aliphatic heterocycles. The molecule has 1 N–H and O–H groups in total. The number of anilines is 1. The van der Waals surface area contributed by atoms with Gasteiger partial charge in [0, 0.05) is 22.1 Å². The second-order valence-electron chi connectivity index (χ2n) is 10.5. The average Bonchev–Trinajstić information content (AvgIpc) is 3.00. The van der Waals surface area contributed by atoms with Crippen LogP contribution in [-0.2, 0) is 26.2 Å². The number of sulfonamides is 1. The normalized spacial score (nSPS) is 14.5. The maximum absolute atomic E-state index is 14.1. The fourth-order valence-corrected chi connectivity index (χ4v) is 6.97. The van der Waals surface area contributed by atoms with Crippen LogP contribution in [-0.4, -0.2) is 50.4 Å². The monoisotopic (exact) mass is 689 g/mol. The van der Waals surface area contributed by atoms with Crippen LogP contribution in [0.1, 0.15) is 51.5 Å². The van der Waals surface area contributed by atoms with Gasteiger partial charge in [-0.15, -0.1) is 0 Å². The molecule has 0 saturated heterocycles. The molecule has 3 aromatic carbocycles. The van der Waals surface area contributed by atoms with Crippen molar-refractivity contribution in [2.75, 3.05) is 17.5 Å². The minimum absolute atomic E-state index is 0.0260. The Morgan fingerprint density at radius 1 is 1.00 bits per heavy atom. The van der Waals surface area contributed by atoms with Crippen molar-refractivity contribution in [2.45, 2.75) is 69.5 Å². The van der Waals surface area contributed by atoms with Crippen LogP contribution < -0.4 is 14.4 Å². The fourth-order valence-electron chi connectivity index (χ4n) is 5.10. The lowest BCUT2D eigenvalue weighted by atomic mass is 9.95. The highest BCUT2D eigenvalue weighted by Crippen LogP contribution is 2.28. The van der Waals surface area contributed by atoms with Gasteiger partial charge in [-0.05, 0) is 86.8 Å². The summed E-state index contributed by atoms with van der Waals surface area (Å²) in [6, 6.07) is 19.0. The van der Waals surface area contributed by atoms with Gasteiger partial charge in [0.15, 0.2) is 0 Å². The van der Waals surface area contributed by atoms with E-state index in [9.17, 15) is 18.0 Å². The van der Waals surface area contributed by atoms with Crippen LogP contribution in [0.15, 0.2) is 82.2 Å². The van der Waals surface area contributed by atoms with E-state index >= 15 is 0 Å². The highest BCUT2D eigenvalue weighted by atomic mass is 79.9. The van der Waals surface area contributed by atoms with Crippen molar-refractivity contribution in [3.8, 4) is 5.75 Å². The SMILES string of the molecule is CCOc1ccc(N(CC(=O)N(Cc2ccccc2Cl)C(C)C(=O)NC2CCCCC2)S(=O)(=O)c2ccc(Br)cc2)cc1. The highest BCUT2D eigenvalue weighted by molar-refractivity contribution is 9.10. The number of rotatable bonds is 12. The topological polar surface area (TPSA) is 96.0 Å². The molecule has 0 heterocycles. The minimum Gasteiger partial charge on any atom is -0.494 e. The first kappa shape index (κ1) is 32.8. The molecule has 4 rings (SSSR count). The maximum atomic E-state index is 14.1. The molecule has 8 nitrogen and oxygen atoms in total. The summed E-state index contributed by atoms with van der Waals surface area (Å²) in [6.45, 7) is 3.48. The van der Waals surface area contributed by atoms with Crippen molar-refractivity contribution in [1.82, 2.24) is 10.2 Å². The van der Waals surface area contributed by atoms with Crippen LogP contribution in [0.4, 0.5) is 5.69 Å². The Kier molecular flexibility index (Phi) is 11.5. The van der Waals surface area contributed by atoms with Gasteiger partial charge in [-0.25, -0.2) is 8.42 Å². The van der Waals surface area contributed by atoms with Crippen molar-refractivity contribution < 1.29 is 22.7 Å². The Bertz CT molecular complexity index is 1500. The van der Waals surface area contributed by atoms with Crippen molar-refractivity contribution in [1.29, 1.82) is 0 Å². The van der Waals surface area contributed by atoms with Gasteiger partial charge in [0.2, 0.25) is 11.8 Å². The molecular formula is C32H37BrClN3O5S. The summed E-state index contributed by atoms with van der Waals surface area (Å²) in [7, 11) is -4.18. The number of carbonyl (C=O) groups excluding carboxylic acids is 2. The third kappa shape index (κ3) is 8.52. The van der Waals surface area contributed by atoms with Gasteiger partial charge in [-0.3, -0.25) is 13.9 Å². The molecule has 230 valence electrons. The number of amides is 2. The summed E-state index contributed by atoms with van der Waals surface area (Å²) < 4.78 is 35.3. The number of nitrogens with zero attached hydrogens (tertiary/aromatic N) is 2. The molecule has 0 bridgehead atoms. The van der Waals surface area contributed by atoms with Crippen molar-refractivity contribution in [2.24, 2.45) is 0 Å². The molecule has 0 radical (unpaired) electrons. The van der Waals surface area contributed by atoms with Crippen LogP contribution in [0.3, 0.4) is 0 Å². The second-order valence-corrected chi connectivity index (χ2v) is 13.7. The maximum Gasteiger partial charge on any atom is 0.264 e. The van der Waals surface area contributed by atoms with E-state index in [0.717, 1.165) is 40.9 Å².